The zero-order valence-electron chi connectivity index (χ0n) is 12.8. The van der Waals surface area contributed by atoms with E-state index in [1.807, 2.05) is 55.5 Å². The van der Waals surface area contributed by atoms with Crippen molar-refractivity contribution in [1.29, 1.82) is 5.26 Å². The molecule has 23 heavy (non-hydrogen) atoms. The number of nitrogens with zero attached hydrogens (tertiary/aromatic N) is 2. The topological polar surface area (TPSA) is 55.0 Å². The second-order valence-electron chi connectivity index (χ2n) is 5.28. The first kappa shape index (κ1) is 14.9. The Kier molecular flexibility index (Phi) is 4.11. The molecule has 4 heteroatoms. The molecule has 0 saturated heterocycles. The number of rotatable bonds is 4. The Balaban J connectivity index is 1.80. The summed E-state index contributed by atoms with van der Waals surface area (Å²) in [6.07, 6.45) is 0. The highest BCUT2D eigenvalue weighted by Crippen LogP contribution is 2.25. The van der Waals surface area contributed by atoms with Gasteiger partial charge in [0.05, 0.1) is 6.54 Å². The number of nitriles is 1. The largest absolute Gasteiger partial charge is 0.491 e. The van der Waals surface area contributed by atoms with E-state index >= 15 is 0 Å². The molecule has 0 fully saturated rings. The highest BCUT2D eigenvalue weighted by molar-refractivity contribution is 5.88. The maximum atomic E-state index is 12.2. The number of hydrogen-bond donors (Lipinski definition) is 0. The second-order valence-corrected chi connectivity index (χ2v) is 5.28. The van der Waals surface area contributed by atoms with Crippen molar-refractivity contribution in [3.63, 3.8) is 0 Å². The van der Waals surface area contributed by atoms with Crippen molar-refractivity contribution >= 4 is 10.8 Å². The maximum absolute atomic E-state index is 12.2. The lowest BCUT2D eigenvalue weighted by molar-refractivity contribution is 0.298. The molecule has 0 aliphatic rings. The van der Waals surface area contributed by atoms with Gasteiger partial charge >= 0.3 is 0 Å². The van der Waals surface area contributed by atoms with E-state index in [-0.39, 0.29) is 11.1 Å². The van der Waals surface area contributed by atoms with Crippen molar-refractivity contribution in [2.45, 2.75) is 13.5 Å². The minimum absolute atomic E-state index is 0.153. The summed E-state index contributed by atoms with van der Waals surface area (Å²) in [5.41, 5.74) is 0.699. The van der Waals surface area contributed by atoms with Gasteiger partial charge < -0.3 is 9.30 Å². The standard InChI is InChI=1S/C19H16N2O2/c1-14-9-10-16(13-20)19(22)21(14)11-12-23-18-8-4-6-15-5-2-3-7-17(15)18/h2-10H,11-12H2,1H3. The fourth-order valence-electron chi connectivity index (χ4n) is 2.60. The van der Waals surface area contributed by atoms with Crippen LogP contribution in [0, 0.1) is 18.3 Å². The number of fused-ring (bicyclic) bond motifs is 1. The van der Waals surface area contributed by atoms with E-state index in [2.05, 4.69) is 0 Å². The maximum Gasteiger partial charge on any atom is 0.268 e. The minimum Gasteiger partial charge on any atom is -0.491 e. The summed E-state index contributed by atoms with van der Waals surface area (Å²) in [5, 5.41) is 11.1. The molecule has 114 valence electrons. The van der Waals surface area contributed by atoms with Gasteiger partial charge in [-0.05, 0) is 30.5 Å². The van der Waals surface area contributed by atoms with Gasteiger partial charge in [-0.1, -0.05) is 36.4 Å². The number of aromatic nitrogens is 1. The Hall–Kier alpha value is -3.06. The molecule has 2 aromatic carbocycles. The molecular formula is C19H16N2O2. The molecule has 0 unspecified atom stereocenters. The molecule has 0 spiro atoms. The van der Waals surface area contributed by atoms with Gasteiger partial charge in [-0.15, -0.1) is 0 Å². The monoisotopic (exact) mass is 304 g/mol. The molecule has 0 saturated carbocycles. The van der Waals surface area contributed by atoms with Crippen molar-refractivity contribution in [1.82, 2.24) is 4.57 Å². The first-order valence-corrected chi connectivity index (χ1v) is 7.42. The van der Waals surface area contributed by atoms with Crippen LogP contribution in [0.25, 0.3) is 10.8 Å². The van der Waals surface area contributed by atoms with Gasteiger partial charge in [-0.3, -0.25) is 4.79 Å². The Labute approximate surface area is 134 Å². The first-order chi connectivity index (χ1) is 11.2. The lowest BCUT2D eigenvalue weighted by Gasteiger charge is -2.12. The third kappa shape index (κ3) is 2.95. The van der Waals surface area contributed by atoms with Crippen molar-refractivity contribution in [2.75, 3.05) is 6.61 Å². The molecule has 1 aromatic heterocycles. The third-order valence-electron chi connectivity index (χ3n) is 3.84. The van der Waals surface area contributed by atoms with E-state index in [0.29, 0.717) is 13.2 Å². The van der Waals surface area contributed by atoms with Crippen LogP contribution in [0.2, 0.25) is 0 Å². The third-order valence-corrected chi connectivity index (χ3v) is 3.84. The lowest BCUT2D eigenvalue weighted by Crippen LogP contribution is -2.26. The Bertz CT molecular complexity index is 946. The SMILES string of the molecule is Cc1ccc(C#N)c(=O)n1CCOc1cccc2ccccc12. The Morgan fingerprint density at radius 3 is 2.70 bits per heavy atom. The molecule has 0 aliphatic heterocycles. The van der Waals surface area contributed by atoms with E-state index in [1.165, 1.54) is 0 Å². The summed E-state index contributed by atoms with van der Waals surface area (Å²) in [6.45, 7) is 2.62. The smallest absolute Gasteiger partial charge is 0.268 e. The minimum atomic E-state index is -0.269. The highest BCUT2D eigenvalue weighted by atomic mass is 16.5. The number of pyridine rings is 1. The van der Waals surface area contributed by atoms with Crippen LogP contribution in [-0.4, -0.2) is 11.2 Å². The molecular weight excluding hydrogens is 288 g/mol. The molecule has 0 aliphatic carbocycles. The van der Waals surface area contributed by atoms with Crippen molar-refractivity contribution < 1.29 is 4.74 Å². The molecule has 1 heterocycles. The van der Waals surface area contributed by atoms with Crippen LogP contribution >= 0.6 is 0 Å². The number of aryl methyl sites for hydroxylation is 1. The number of benzene rings is 2. The van der Waals surface area contributed by atoms with E-state index in [4.69, 9.17) is 10.00 Å². The summed E-state index contributed by atoms with van der Waals surface area (Å²) in [6, 6.07) is 19.2. The number of hydrogen-bond acceptors (Lipinski definition) is 3. The number of ether oxygens (including phenoxy) is 1. The fourth-order valence-corrected chi connectivity index (χ4v) is 2.60. The van der Waals surface area contributed by atoms with Crippen LogP contribution in [0.15, 0.2) is 59.4 Å². The fraction of sp³-hybridized carbons (Fsp3) is 0.158. The molecule has 3 rings (SSSR count). The van der Waals surface area contributed by atoms with Gasteiger partial charge in [0.2, 0.25) is 0 Å². The normalized spacial score (nSPS) is 10.4. The van der Waals surface area contributed by atoms with Gasteiger partial charge in [0.25, 0.3) is 5.56 Å². The molecule has 0 atom stereocenters. The molecule has 0 amide bonds. The average Bonchev–Trinajstić information content (AvgIpc) is 2.58. The summed E-state index contributed by atoms with van der Waals surface area (Å²) in [7, 11) is 0. The van der Waals surface area contributed by atoms with Gasteiger partial charge in [-0.25, -0.2) is 0 Å². The predicted molar refractivity (Wildman–Crippen MR) is 89.6 cm³/mol. The molecule has 0 bridgehead atoms. The highest BCUT2D eigenvalue weighted by Gasteiger charge is 2.06. The van der Waals surface area contributed by atoms with E-state index < -0.39 is 0 Å². The summed E-state index contributed by atoms with van der Waals surface area (Å²) < 4.78 is 7.44. The predicted octanol–water partition coefficient (Wildman–Crippen LogP) is 3.26. The van der Waals surface area contributed by atoms with Crippen LogP contribution in [0.5, 0.6) is 5.75 Å². The van der Waals surface area contributed by atoms with Crippen molar-refractivity contribution in [3.05, 3.63) is 76.2 Å². The van der Waals surface area contributed by atoms with Crippen LogP contribution in [-0.2, 0) is 6.54 Å². The van der Waals surface area contributed by atoms with E-state index in [9.17, 15) is 4.79 Å². The molecule has 3 aromatic rings. The van der Waals surface area contributed by atoms with Crippen LogP contribution in [0.1, 0.15) is 11.3 Å². The van der Waals surface area contributed by atoms with Gasteiger partial charge in [-0.2, -0.15) is 5.26 Å². The van der Waals surface area contributed by atoms with Crippen LogP contribution < -0.4 is 10.3 Å². The second kappa shape index (κ2) is 6.37. The van der Waals surface area contributed by atoms with Crippen LogP contribution in [0.4, 0.5) is 0 Å². The summed E-state index contributed by atoms with van der Waals surface area (Å²) >= 11 is 0. The van der Waals surface area contributed by atoms with Gasteiger partial charge in [0.1, 0.15) is 24.0 Å². The molecule has 4 nitrogen and oxygen atoms in total. The average molecular weight is 304 g/mol. The zero-order chi connectivity index (χ0) is 16.2. The zero-order valence-corrected chi connectivity index (χ0v) is 12.8. The van der Waals surface area contributed by atoms with Gasteiger partial charge in [0, 0.05) is 11.1 Å². The van der Waals surface area contributed by atoms with Gasteiger partial charge in [0.15, 0.2) is 0 Å². The summed E-state index contributed by atoms with van der Waals surface area (Å²) in [5.74, 6) is 0.797. The van der Waals surface area contributed by atoms with Crippen molar-refractivity contribution in [3.8, 4) is 11.8 Å². The van der Waals surface area contributed by atoms with Crippen molar-refractivity contribution in [2.24, 2.45) is 0 Å². The van der Waals surface area contributed by atoms with Crippen LogP contribution in [0.3, 0.4) is 0 Å². The molecule has 0 radical (unpaired) electrons. The van der Waals surface area contributed by atoms with E-state index in [0.717, 1.165) is 22.2 Å². The van der Waals surface area contributed by atoms with E-state index in [1.54, 1.807) is 16.7 Å². The Morgan fingerprint density at radius 2 is 1.87 bits per heavy atom. The molecule has 0 N–H and O–H groups in total. The first-order valence-electron chi connectivity index (χ1n) is 7.42. The quantitative estimate of drug-likeness (QED) is 0.743. The lowest BCUT2D eigenvalue weighted by atomic mass is 10.1. The summed E-state index contributed by atoms with van der Waals surface area (Å²) in [4.78, 5) is 12.2. The Morgan fingerprint density at radius 1 is 1.09 bits per heavy atom.